The first-order valence-corrected chi connectivity index (χ1v) is 13.6. The number of nitrogens with zero attached hydrogens (tertiary/aromatic N) is 1. The maximum Gasteiger partial charge on any atom is 0.293 e. The number of rotatable bonds is 8. The number of imide groups is 1. The van der Waals surface area contributed by atoms with Gasteiger partial charge >= 0.3 is 0 Å². The summed E-state index contributed by atoms with van der Waals surface area (Å²) in [4.78, 5) is 39.2. The molecule has 11 heteroatoms. The third-order valence-corrected chi connectivity index (χ3v) is 8.17. The molecule has 3 aromatic carbocycles. The van der Waals surface area contributed by atoms with E-state index in [2.05, 4.69) is 21.2 Å². The summed E-state index contributed by atoms with van der Waals surface area (Å²) in [5.41, 5.74) is 3.73. The van der Waals surface area contributed by atoms with E-state index in [-0.39, 0.29) is 29.0 Å². The molecule has 0 aromatic heterocycles. The molecule has 1 aliphatic heterocycles. The van der Waals surface area contributed by atoms with E-state index in [1.165, 1.54) is 19.2 Å². The SMILES string of the molecule is COc1cc(/C=C2\SC(=O)N(Cc3ccc(F)cc3Cl)C2=O)ccc1OCC(=O)Nc1ccc(Br)c(C)c1C. The van der Waals surface area contributed by atoms with Gasteiger partial charge in [0.1, 0.15) is 5.82 Å². The zero-order chi connectivity index (χ0) is 28.3. The number of thioether (sulfide) groups is 1. The van der Waals surface area contributed by atoms with Crippen molar-refractivity contribution in [3.05, 3.63) is 91.0 Å². The highest BCUT2D eigenvalue weighted by Crippen LogP contribution is 2.36. The Morgan fingerprint density at radius 3 is 2.59 bits per heavy atom. The molecule has 0 bridgehead atoms. The van der Waals surface area contributed by atoms with E-state index in [0.717, 1.165) is 38.3 Å². The number of amides is 3. The maximum atomic E-state index is 13.3. The van der Waals surface area contributed by atoms with Gasteiger partial charge in [-0.15, -0.1) is 0 Å². The zero-order valence-electron chi connectivity index (χ0n) is 21.1. The number of carbonyl (C=O) groups excluding carboxylic acids is 3. The van der Waals surface area contributed by atoms with Crippen molar-refractivity contribution < 1.29 is 28.2 Å². The van der Waals surface area contributed by atoms with Gasteiger partial charge in [0, 0.05) is 15.2 Å². The van der Waals surface area contributed by atoms with Crippen LogP contribution in [0, 0.1) is 19.7 Å². The van der Waals surface area contributed by atoms with Gasteiger partial charge < -0.3 is 14.8 Å². The van der Waals surface area contributed by atoms with Crippen molar-refractivity contribution in [3.63, 3.8) is 0 Å². The van der Waals surface area contributed by atoms with Gasteiger partial charge in [0.15, 0.2) is 18.1 Å². The van der Waals surface area contributed by atoms with Crippen LogP contribution in [-0.2, 0) is 16.1 Å². The van der Waals surface area contributed by atoms with Crippen LogP contribution in [0.3, 0.4) is 0 Å². The molecule has 1 fully saturated rings. The summed E-state index contributed by atoms with van der Waals surface area (Å²) in [6.07, 6.45) is 1.56. The van der Waals surface area contributed by atoms with Crippen molar-refractivity contribution in [1.29, 1.82) is 0 Å². The number of hydrogen-bond donors (Lipinski definition) is 1. The molecule has 202 valence electrons. The Labute approximate surface area is 242 Å². The molecule has 0 radical (unpaired) electrons. The highest BCUT2D eigenvalue weighted by atomic mass is 79.9. The quantitative estimate of drug-likeness (QED) is 0.266. The summed E-state index contributed by atoms with van der Waals surface area (Å²) in [7, 11) is 1.46. The summed E-state index contributed by atoms with van der Waals surface area (Å²) in [6.45, 7) is 3.57. The molecule has 0 saturated carbocycles. The minimum atomic E-state index is -0.505. The average Bonchev–Trinajstić information content (AvgIpc) is 3.16. The van der Waals surface area contributed by atoms with Crippen molar-refractivity contribution in [3.8, 4) is 11.5 Å². The Bertz CT molecular complexity index is 1510. The standard InChI is InChI=1S/C28H23BrClFN2O5S/c1-15-16(2)22(8-7-20(15)29)32-26(34)14-38-23-9-4-17(10-24(23)37-3)11-25-27(35)33(28(36)39-25)13-18-5-6-19(31)12-21(18)30/h4-12H,13-14H2,1-3H3,(H,32,34)/b25-11-. The van der Waals surface area contributed by atoms with Crippen LogP contribution >= 0.6 is 39.3 Å². The van der Waals surface area contributed by atoms with E-state index >= 15 is 0 Å². The molecule has 3 amide bonds. The monoisotopic (exact) mass is 632 g/mol. The first kappa shape index (κ1) is 28.7. The number of halogens is 3. The normalized spacial score (nSPS) is 14.2. The number of anilines is 1. The molecule has 0 atom stereocenters. The number of carbonyl (C=O) groups is 3. The first-order chi connectivity index (χ1) is 18.6. The molecule has 1 N–H and O–H groups in total. The van der Waals surface area contributed by atoms with Crippen LogP contribution in [0.1, 0.15) is 22.3 Å². The van der Waals surface area contributed by atoms with E-state index < -0.39 is 17.0 Å². The molecule has 1 aliphatic rings. The predicted molar refractivity (Wildman–Crippen MR) is 154 cm³/mol. The minimum Gasteiger partial charge on any atom is -0.493 e. The first-order valence-electron chi connectivity index (χ1n) is 11.6. The van der Waals surface area contributed by atoms with Gasteiger partial charge in [-0.2, -0.15) is 0 Å². The van der Waals surface area contributed by atoms with Gasteiger partial charge in [-0.25, -0.2) is 4.39 Å². The van der Waals surface area contributed by atoms with E-state index in [4.69, 9.17) is 21.1 Å². The van der Waals surface area contributed by atoms with Crippen LogP contribution < -0.4 is 14.8 Å². The summed E-state index contributed by atoms with van der Waals surface area (Å²) in [5, 5.41) is 2.52. The largest absolute Gasteiger partial charge is 0.493 e. The second-order valence-electron chi connectivity index (χ2n) is 8.60. The van der Waals surface area contributed by atoms with Crippen LogP contribution in [0.2, 0.25) is 5.02 Å². The second kappa shape index (κ2) is 12.2. The summed E-state index contributed by atoms with van der Waals surface area (Å²) in [5.74, 6) is -0.632. The molecular formula is C28H23BrClFN2O5S. The van der Waals surface area contributed by atoms with Crippen molar-refractivity contribution in [2.45, 2.75) is 20.4 Å². The van der Waals surface area contributed by atoms with Gasteiger partial charge in [-0.3, -0.25) is 19.3 Å². The lowest BCUT2D eigenvalue weighted by Gasteiger charge is -2.14. The third kappa shape index (κ3) is 6.63. The number of methoxy groups -OCH3 is 1. The van der Waals surface area contributed by atoms with Gasteiger partial charge in [0.2, 0.25) is 0 Å². The van der Waals surface area contributed by atoms with Crippen LogP contribution in [0.15, 0.2) is 57.9 Å². The van der Waals surface area contributed by atoms with Crippen LogP contribution in [0.4, 0.5) is 14.9 Å². The summed E-state index contributed by atoms with van der Waals surface area (Å²) in [6, 6.07) is 12.4. The molecule has 0 spiro atoms. The van der Waals surface area contributed by atoms with Gasteiger partial charge in [0.25, 0.3) is 17.1 Å². The lowest BCUT2D eigenvalue weighted by atomic mass is 10.1. The summed E-state index contributed by atoms with van der Waals surface area (Å²) < 4.78 is 25.4. The van der Waals surface area contributed by atoms with Crippen molar-refractivity contribution in [2.75, 3.05) is 19.0 Å². The van der Waals surface area contributed by atoms with E-state index in [9.17, 15) is 18.8 Å². The molecule has 7 nitrogen and oxygen atoms in total. The fourth-order valence-corrected chi connectivity index (χ4v) is 5.25. The van der Waals surface area contributed by atoms with Crippen LogP contribution in [0.5, 0.6) is 11.5 Å². The Kier molecular flexibility index (Phi) is 8.99. The zero-order valence-corrected chi connectivity index (χ0v) is 24.3. The minimum absolute atomic E-state index is 0.0708. The molecule has 0 unspecified atom stereocenters. The van der Waals surface area contributed by atoms with Gasteiger partial charge in [0.05, 0.1) is 18.6 Å². The Morgan fingerprint density at radius 2 is 1.87 bits per heavy atom. The Morgan fingerprint density at radius 1 is 1.10 bits per heavy atom. The average molecular weight is 634 g/mol. The van der Waals surface area contributed by atoms with Gasteiger partial charge in [-0.1, -0.05) is 39.7 Å². The molecule has 3 aromatic rings. The van der Waals surface area contributed by atoms with Crippen LogP contribution in [0.25, 0.3) is 6.08 Å². The predicted octanol–water partition coefficient (Wildman–Crippen LogP) is 7.12. The van der Waals surface area contributed by atoms with Crippen molar-refractivity contribution in [1.82, 2.24) is 4.90 Å². The molecule has 0 aliphatic carbocycles. The number of ether oxygens (including phenoxy) is 2. The second-order valence-corrected chi connectivity index (χ2v) is 10.9. The lowest BCUT2D eigenvalue weighted by Crippen LogP contribution is -2.27. The van der Waals surface area contributed by atoms with Gasteiger partial charge in [-0.05, 0) is 90.3 Å². The van der Waals surface area contributed by atoms with Crippen LogP contribution in [-0.4, -0.2) is 35.7 Å². The Hall–Kier alpha value is -3.34. The summed E-state index contributed by atoms with van der Waals surface area (Å²) >= 11 is 10.3. The third-order valence-electron chi connectivity index (χ3n) is 6.06. The van der Waals surface area contributed by atoms with Crippen molar-refractivity contribution >= 4 is 68.1 Å². The molecule has 1 heterocycles. The fraction of sp³-hybridized carbons (Fsp3) is 0.179. The lowest BCUT2D eigenvalue weighted by molar-refractivity contribution is -0.123. The Balaban J connectivity index is 1.43. The maximum absolute atomic E-state index is 13.3. The van der Waals surface area contributed by atoms with Crippen molar-refractivity contribution in [2.24, 2.45) is 0 Å². The number of hydrogen-bond acceptors (Lipinski definition) is 6. The van der Waals surface area contributed by atoms with E-state index in [1.54, 1.807) is 24.3 Å². The smallest absolute Gasteiger partial charge is 0.293 e. The van der Waals surface area contributed by atoms with E-state index in [1.807, 2.05) is 26.0 Å². The molecule has 39 heavy (non-hydrogen) atoms. The van der Waals surface area contributed by atoms with E-state index in [0.29, 0.717) is 28.3 Å². The molecule has 4 rings (SSSR count). The molecular weight excluding hydrogens is 611 g/mol. The number of nitrogens with one attached hydrogen (secondary N) is 1. The molecule has 1 saturated heterocycles. The number of benzene rings is 3. The highest BCUT2D eigenvalue weighted by Gasteiger charge is 2.35. The fourth-order valence-electron chi connectivity index (χ4n) is 3.75. The topological polar surface area (TPSA) is 84.9 Å². The highest BCUT2D eigenvalue weighted by molar-refractivity contribution is 9.10.